The molecule has 108 valence electrons. The SMILES string of the molecule is CCNC(Cc1ccc(OC)c(Br)c1)CS(C)(=O)=O. The van der Waals surface area contributed by atoms with Crippen molar-refractivity contribution in [1.29, 1.82) is 0 Å². The van der Waals surface area contributed by atoms with Gasteiger partial charge in [0.2, 0.25) is 0 Å². The van der Waals surface area contributed by atoms with Crippen LogP contribution in [0.2, 0.25) is 0 Å². The number of nitrogens with one attached hydrogen (secondary N) is 1. The first-order valence-electron chi connectivity index (χ1n) is 6.09. The molecule has 0 aliphatic rings. The lowest BCUT2D eigenvalue weighted by Crippen LogP contribution is -2.37. The van der Waals surface area contributed by atoms with E-state index in [0.29, 0.717) is 6.42 Å². The molecule has 0 aliphatic heterocycles. The minimum atomic E-state index is -2.99. The molecule has 1 aromatic rings. The number of methoxy groups -OCH3 is 1. The molecule has 0 bridgehead atoms. The Kier molecular flexibility index (Phi) is 6.29. The van der Waals surface area contributed by atoms with Crippen molar-refractivity contribution in [3.63, 3.8) is 0 Å². The van der Waals surface area contributed by atoms with Crippen LogP contribution in [0, 0.1) is 0 Å². The molecule has 1 atom stereocenters. The van der Waals surface area contributed by atoms with Gasteiger partial charge in [-0.25, -0.2) is 8.42 Å². The predicted octanol–water partition coefficient (Wildman–Crippen LogP) is 2.02. The summed E-state index contributed by atoms with van der Waals surface area (Å²) in [6, 6.07) is 5.73. The monoisotopic (exact) mass is 349 g/mol. The number of hydrogen-bond acceptors (Lipinski definition) is 4. The van der Waals surface area contributed by atoms with Crippen LogP contribution in [0.15, 0.2) is 22.7 Å². The molecular weight excluding hydrogens is 330 g/mol. The highest BCUT2D eigenvalue weighted by molar-refractivity contribution is 9.10. The highest BCUT2D eigenvalue weighted by Crippen LogP contribution is 2.26. The molecule has 0 radical (unpaired) electrons. The standard InChI is InChI=1S/C13H20BrNO3S/c1-4-15-11(9-19(3,16)17)7-10-5-6-13(18-2)12(14)8-10/h5-6,8,11,15H,4,7,9H2,1-3H3. The average Bonchev–Trinajstić information content (AvgIpc) is 2.27. The Labute approximate surface area is 123 Å². The summed E-state index contributed by atoms with van der Waals surface area (Å²) in [5.41, 5.74) is 1.07. The maximum atomic E-state index is 11.4. The van der Waals surface area contributed by atoms with Crippen LogP contribution in [-0.2, 0) is 16.3 Å². The first-order chi connectivity index (χ1) is 8.85. The van der Waals surface area contributed by atoms with Crippen LogP contribution in [0.3, 0.4) is 0 Å². The maximum absolute atomic E-state index is 11.4. The number of likely N-dealkylation sites (N-methyl/N-ethyl adjacent to an activating group) is 1. The molecule has 0 fully saturated rings. The largest absolute Gasteiger partial charge is 0.496 e. The molecule has 0 heterocycles. The second-order valence-electron chi connectivity index (χ2n) is 4.52. The second kappa shape index (κ2) is 7.26. The number of rotatable bonds is 7. The van der Waals surface area contributed by atoms with E-state index in [9.17, 15) is 8.42 Å². The summed E-state index contributed by atoms with van der Waals surface area (Å²) in [6.07, 6.45) is 1.94. The molecule has 4 nitrogen and oxygen atoms in total. The molecule has 0 saturated heterocycles. The topological polar surface area (TPSA) is 55.4 Å². The van der Waals surface area contributed by atoms with Gasteiger partial charge in [0, 0.05) is 12.3 Å². The van der Waals surface area contributed by atoms with Gasteiger partial charge in [0.05, 0.1) is 17.3 Å². The minimum absolute atomic E-state index is 0.0692. The van der Waals surface area contributed by atoms with Crippen molar-refractivity contribution in [3.8, 4) is 5.75 Å². The summed E-state index contributed by atoms with van der Waals surface area (Å²) in [7, 11) is -1.37. The zero-order valence-corrected chi connectivity index (χ0v) is 13.8. The number of ether oxygens (including phenoxy) is 1. The third-order valence-electron chi connectivity index (χ3n) is 2.70. The number of halogens is 1. The fourth-order valence-electron chi connectivity index (χ4n) is 1.97. The lowest BCUT2D eigenvalue weighted by atomic mass is 10.1. The van der Waals surface area contributed by atoms with Crippen molar-refractivity contribution in [2.75, 3.05) is 25.7 Å². The predicted molar refractivity (Wildman–Crippen MR) is 81.6 cm³/mol. The van der Waals surface area contributed by atoms with Gasteiger partial charge >= 0.3 is 0 Å². The summed E-state index contributed by atoms with van der Waals surface area (Å²) in [6.45, 7) is 2.72. The Morgan fingerprint density at radius 3 is 2.58 bits per heavy atom. The van der Waals surface area contributed by atoms with E-state index in [1.165, 1.54) is 6.26 Å². The van der Waals surface area contributed by atoms with Gasteiger partial charge in [-0.15, -0.1) is 0 Å². The van der Waals surface area contributed by atoms with E-state index in [0.717, 1.165) is 22.3 Å². The summed E-state index contributed by atoms with van der Waals surface area (Å²) in [5.74, 6) is 0.914. The lowest BCUT2D eigenvalue weighted by molar-refractivity contribution is 0.412. The average molecular weight is 350 g/mol. The van der Waals surface area contributed by atoms with Gasteiger partial charge in [0.15, 0.2) is 0 Å². The van der Waals surface area contributed by atoms with Gasteiger partial charge in [0.25, 0.3) is 0 Å². The second-order valence-corrected chi connectivity index (χ2v) is 7.56. The van der Waals surface area contributed by atoms with Crippen LogP contribution >= 0.6 is 15.9 Å². The highest BCUT2D eigenvalue weighted by Gasteiger charge is 2.15. The van der Waals surface area contributed by atoms with Crippen molar-refractivity contribution in [2.24, 2.45) is 0 Å². The molecule has 1 rings (SSSR count). The Hall–Kier alpha value is -0.590. The van der Waals surface area contributed by atoms with Crippen molar-refractivity contribution < 1.29 is 13.2 Å². The van der Waals surface area contributed by atoms with Crippen LogP contribution in [0.1, 0.15) is 12.5 Å². The summed E-state index contributed by atoms with van der Waals surface area (Å²) in [5, 5.41) is 3.21. The van der Waals surface area contributed by atoms with E-state index in [-0.39, 0.29) is 11.8 Å². The zero-order chi connectivity index (χ0) is 14.5. The maximum Gasteiger partial charge on any atom is 0.148 e. The summed E-state index contributed by atoms with van der Waals surface area (Å²) >= 11 is 3.43. The molecule has 1 aromatic carbocycles. The van der Waals surface area contributed by atoms with Crippen LogP contribution < -0.4 is 10.1 Å². The van der Waals surface area contributed by atoms with Crippen molar-refractivity contribution in [2.45, 2.75) is 19.4 Å². The van der Waals surface area contributed by atoms with Gasteiger partial charge in [-0.3, -0.25) is 0 Å². The molecule has 1 N–H and O–H groups in total. The summed E-state index contributed by atoms with van der Waals surface area (Å²) < 4.78 is 28.9. The molecule has 0 aliphatic carbocycles. The Bertz CT molecular complexity index is 517. The van der Waals surface area contributed by atoms with Gasteiger partial charge in [-0.2, -0.15) is 0 Å². The van der Waals surface area contributed by atoms with E-state index in [1.54, 1.807) is 7.11 Å². The van der Waals surface area contributed by atoms with Crippen LogP contribution in [-0.4, -0.2) is 40.1 Å². The normalized spacial score (nSPS) is 13.3. The Morgan fingerprint density at radius 2 is 2.11 bits per heavy atom. The van der Waals surface area contributed by atoms with Crippen LogP contribution in [0.25, 0.3) is 0 Å². The van der Waals surface area contributed by atoms with Crippen molar-refractivity contribution in [3.05, 3.63) is 28.2 Å². The van der Waals surface area contributed by atoms with Crippen molar-refractivity contribution >= 4 is 25.8 Å². The highest BCUT2D eigenvalue weighted by atomic mass is 79.9. The van der Waals surface area contributed by atoms with Crippen molar-refractivity contribution in [1.82, 2.24) is 5.32 Å². The van der Waals surface area contributed by atoms with Gasteiger partial charge in [-0.05, 0) is 46.6 Å². The number of sulfone groups is 1. The van der Waals surface area contributed by atoms with E-state index in [2.05, 4.69) is 21.2 Å². The fraction of sp³-hybridized carbons (Fsp3) is 0.538. The van der Waals surface area contributed by atoms with E-state index in [4.69, 9.17) is 4.74 Å². The first-order valence-corrected chi connectivity index (χ1v) is 8.94. The molecule has 0 spiro atoms. The smallest absolute Gasteiger partial charge is 0.148 e. The molecule has 0 aromatic heterocycles. The van der Waals surface area contributed by atoms with Crippen LogP contribution in [0.4, 0.5) is 0 Å². The molecule has 19 heavy (non-hydrogen) atoms. The molecule has 1 unspecified atom stereocenters. The third kappa shape index (κ3) is 5.93. The number of benzene rings is 1. The fourth-order valence-corrected chi connectivity index (χ4v) is 3.52. The van der Waals surface area contributed by atoms with E-state index < -0.39 is 9.84 Å². The lowest BCUT2D eigenvalue weighted by Gasteiger charge is -2.17. The Morgan fingerprint density at radius 1 is 1.42 bits per heavy atom. The van der Waals surface area contributed by atoms with Crippen LogP contribution in [0.5, 0.6) is 5.75 Å². The van der Waals surface area contributed by atoms with Gasteiger partial charge in [0.1, 0.15) is 15.6 Å². The summed E-state index contributed by atoms with van der Waals surface area (Å²) in [4.78, 5) is 0. The van der Waals surface area contributed by atoms with Gasteiger partial charge in [-0.1, -0.05) is 13.0 Å². The molecular formula is C13H20BrNO3S. The third-order valence-corrected chi connectivity index (χ3v) is 4.32. The van der Waals surface area contributed by atoms with E-state index >= 15 is 0 Å². The molecule has 0 saturated carbocycles. The zero-order valence-electron chi connectivity index (χ0n) is 11.4. The van der Waals surface area contributed by atoms with Gasteiger partial charge < -0.3 is 10.1 Å². The number of hydrogen-bond donors (Lipinski definition) is 1. The quantitative estimate of drug-likeness (QED) is 0.818. The molecule has 6 heteroatoms. The Balaban J connectivity index is 2.81. The molecule has 0 amide bonds. The van der Waals surface area contributed by atoms with E-state index in [1.807, 2.05) is 25.1 Å². The first kappa shape index (κ1) is 16.5. The minimum Gasteiger partial charge on any atom is -0.496 e.